The predicted molar refractivity (Wildman–Crippen MR) is 43.4 cm³/mol. The molecule has 4 N–H and O–H groups in total. The maximum Gasteiger partial charge on any atom is 0.210 e. The van der Waals surface area contributed by atoms with E-state index in [4.69, 9.17) is 10.9 Å². The van der Waals surface area contributed by atoms with Crippen LogP contribution in [0.5, 0.6) is 0 Å². The Morgan fingerprint density at radius 2 is 1.73 bits per heavy atom. The lowest BCUT2D eigenvalue weighted by Gasteiger charge is -2.21. The van der Waals surface area contributed by atoms with E-state index in [1.165, 1.54) is 0 Å². The Morgan fingerprint density at radius 3 is 2.09 bits per heavy atom. The van der Waals surface area contributed by atoms with Crippen molar-refractivity contribution in [3.8, 4) is 0 Å². The van der Waals surface area contributed by atoms with Gasteiger partial charge >= 0.3 is 0 Å². The Morgan fingerprint density at radius 1 is 1.27 bits per heavy atom. The minimum atomic E-state index is -3.39. The summed E-state index contributed by atoms with van der Waals surface area (Å²) in [4.78, 5) is 0. The number of sulfonamides is 1. The molecule has 0 spiro atoms. The van der Waals surface area contributed by atoms with Crippen LogP contribution in [0.15, 0.2) is 0 Å². The topological polar surface area (TPSA) is 86.2 Å². The van der Waals surface area contributed by atoms with E-state index >= 15 is 0 Å². The molecule has 1 aliphatic rings. The van der Waals surface area contributed by atoms with Crippen LogP contribution in [-0.4, -0.2) is 19.7 Å². The first-order valence-electron chi connectivity index (χ1n) is 3.71. The van der Waals surface area contributed by atoms with E-state index in [-0.39, 0.29) is 5.75 Å². The Balaban J connectivity index is 2.60. The van der Waals surface area contributed by atoms with Gasteiger partial charge in [-0.15, -0.1) is 0 Å². The van der Waals surface area contributed by atoms with E-state index in [0.29, 0.717) is 0 Å². The van der Waals surface area contributed by atoms with E-state index in [2.05, 4.69) is 0 Å². The maximum atomic E-state index is 10.7. The second-order valence-electron chi connectivity index (χ2n) is 3.38. The second-order valence-corrected chi connectivity index (χ2v) is 4.99. The third-order valence-corrected chi connectivity index (χ3v) is 3.07. The van der Waals surface area contributed by atoms with Crippen LogP contribution in [0.25, 0.3) is 0 Å². The fourth-order valence-electron chi connectivity index (χ4n) is 1.62. The molecule has 0 saturated heterocycles. The summed E-state index contributed by atoms with van der Waals surface area (Å²) in [6.45, 7) is 0. The highest BCUT2D eigenvalue weighted by Gasteiger charge is 2.32. The van der Waals surface area contributed by atoms with Gasteiger partial charge in [0.25, 0.3) is 0 Å². The predicted octanol–water partition coefficient (Wildman–Crippen LogP) is -0.454. The summed E-state index contributed by atoms with van der Waals surface area (Å²) in [5.41, 5.74) is 5.25. The first-order chi connectivity index (χ1) is 4.91. The van der Waals surface area contributed by atoms with Crippen molar-refractivity contribution < 1.29 is 8.42 Å². The van der Waals surface area contributed by atoms with Crippen molar-refractivity contribution in [1.29, 1.82) is 0 Å². The lowest BCUT2D eigenvalue weighted by atomic mass is 10.0. The van der Waals surface area contributed by atoms with Crippen LogP contribution in [0.4, 0.5) is 0 Å². The molecule has 0 unspecified atom stereocenters. The smallest absolute Gasteiger partial charge is 0.210 e. The number of primary sulfonamides is 1. The SMILES string of the molecule is NC1(CS(N)(=O)=O)CCCC1. The summed E-state index contributed by atoms with van der Waals surface area (Å²) in [5, 5.41) is 4.89. The highest BCUT2D eigenvalue weighted by molar-refractivity contribution is 7.89. The van der Waals surface area contributed by atoms with Gasteiger partial charge < -0.3 is 5.73 Å². The Hall–Kier alpha value is -0.130. The second kappa shape index (κ2) is 2.73. The highest BCUT2D eigenvalue weighted by Crippen LogP contribution is 2.27. The summed E-state index contributed by atoms with van der Waals surface area (Å²) >= 11 is 0. The zero-order valence-electron chi connectivity index (χ0n) is 6.41. The van der Waals surface area contributed by atoms with Crippen LogP contribution in [0.1, 0.15) is 25.7 Å². The van der Waals surface area contributed by atoms with Crippen molar-refractivity contribution in [1.82, 2.24) is 0 Å². The number of hydrogen-bond donors (Lipinski definition) is 2. The average Bonchev–Trinajstić information content (AvgIpc) is 2.09. The van der Waals surface area contributed by atoms with Crippen LogP contribution in [0.3, 0.4) is 0 Å². The monoisotopic (exact) mass is 178 g/mol. The van der Waals surface area contributed by atoms with E-state index in [1.54, 1.807) is 0 Å². The molecular weight excluding hydrogens is 164 g/mol. The van der Waals surface area contributed by atoms with Gasteiger partial charge in [0.2, 0.25) is 10.0 Å². The minimum Gasteiger partial charge on any atom is -0.324 e. The lowest BCUT2D eigenvalue weighted by Crippen LogP contribution is -2.45. The zero-order chi connectivity index (χ0) is 8.54. The van der Waals surface area contributed by atoms with Crippen molar-refractivity contribution in [2.45, 2.75) is 31.2 Å². The third kappa shape index (κ3) is 2.76. The van der Waals surface area contributed by atoms with Crippen LogP contribution >= 0.6 is 0 Å². The summed E-state index contributed by atoms with van der Waals surface area (Å²) in [6.07, 6.45) is 3.60. The normalized spacial score (nSPS) is 23.8. The quantitative estimate of drug-likeness (QED) is 0.600. The molecule has 0 aromatic heterocycles. The van der Waals surface area contributed by atoms with Crippen LogP contribution < -0.4 is 10.9 Å². The van der Waals surface area contributed by atoms with Gasteiger partial charge in [-0.05, 0) is 12.8 Å². The van der Waals surface area contributed by atoms with Crippen molar-refractivity contribution in [3.05, 3.63) is 0 Å². The minimum absolute atomic E-state index is 0.0694. The summed E-state index contributed by atoms with van der Waals surface area (Å²) < 4.78 is 21.4. The lowest BCUT2D eigenvalue weighted by molar-refractivity contribution is 0.479. The standard InChI is InChI=1S/C6H14N2O2S/c7-6(3-1-2-4-6)5-11(8,9)10/h1-5,7H2,(H2,8,9,10). The average molecular weight is 178 g/mol. The Bertz CT molecular complexity index is 229. The van der Waals surface area contributed by atoms with Gasteiger partial charge in [0.1, 0.15) is 0 Å². The van der Waals surface area contributed by atoms with Crippen molar-refractivity contribution in [3.63, 3.8) is 0 Å². The molecule has 1 saturated carbocycles. The molecule has 5 heteroatoms. The molecular formula is C6H14N2O2S. The molecule has 1 fully saturated rings. The van der Waals surface area contributed by atoms with E-state index in [9.17, 15) is 8.42 Å². The number of hydrogen-bond acceptors (Lipinski definition) is 3. The molecule has 11 heavy (non-hydrogen) atoms. The molecule has 0 aromatic rings. The summed E-state index contributed by atoms with van der Waals surface area (Å²) in [5.74, 6) is -0.0694. The molecule has 0 heterocycles. The Labute approximate surface area is 67.0 Å². The maximum absolute atomic E-state index is 10.7. The van der Waals surface area contributed by atoms with Gasteiger partial charge in [-0.3, -0.25) is 0 Å². The van der Waals surface area contributed by atoms with Crippen molar-refractivity contribution in [2.24, 2.45) is 10.9 Å². The molecule has 1 aliphatic carbocycles. The van der Waals surface area contributed by atoms with Crippen LogP contribution in [0.2, 0.25) is 0 Å². The molecule has 4 nitrogen and oxygen atoms in total. The van der Waals surface area contributed by atoms with E-state index < -0.39 is 15.6 Å². The molecule has 0 bridgehead atoms. The molecule has 1 rings (SSSR count). The van der Waals surface area contributed by atoms with Gasteiger partial charge in [-0.25, -0.2) is 13.6 Å². The third-order valence-electron chi connectivity index (χ3n) is 2.09. The van der Waals surface area contributed by atoms with Gasteiger partial charge in [0.15, 0.2) is 0 Å². The molecule has 0 radical (unpaired) electrons. The van der Waals surface area contributed by atoms with Gasteiger partial charge in [0.05, 0.1) is 5.75 Å². The van der Waals surface area contributed by atoms with Gasteiger partial charge in [0, 0.05) is 5.54 Å². The summed E-state index contributed by atoms with van der Waals surface area (Å²) in [6, 6.07) is 0. The largest absolute Gasteiger partial charge is 0.324 e. The molecule has 0 aromatic carbocycles. The fourth-order valence-corrected chi connectivity index (χ4v) is 2.71. The zero-order valence-corrected chi connectivity index (χ0v) is 7.23. The first-order valence-corrected chi connectivity index (χ1v) is 5.42. The van der Waals surface area contributed by atoms with E-state index in [1.807, 2.05) is 0 Å². The van der Waals surface area contributed by atoms with Crippen LogP contribution in [0, 0.1) is 0 Å². The van der Waals surface area contributed by atoms with Crippen molar-refractivity contribution in [2.75, 3.05) is 5.75 Å². The number of rotatable bonds is 2. The summed E-state index contributed by atoms with van der Waals surface area (Å²) in [7, 11) is -3.39. The van der Waals surface area contributed by atoms with Crippen molar-refractivity contribution >= 4 is 10.0 Å². The molecule has 66 valence electrons. The molecule has 0 aliphatic heterocycles. The van der Waals surface area contributed by atoms with Gasteiger partial charge in [-0.2, -0.15) is 0 Å². The number of nitrogens with two attached hydrogens (primary N) is 2. The fraction of sp³-hybridized carbons (Fsp3) is 1.00. The van der Waals surface area contributed by atoms with Gasteiger partial charge in [-0.1, -0.05) is 12.8 Å². The molecule has 0 amide bonds. The molecule has 0 atom stereocenters. The van der Waals surface area contributed by atoms with E-state index in [0.717, 1.165) is 25.7 Å². The Kier molecular flexibility index (Phi) is 2.22. The van der Waals surface area contributed by atoms with Crippen LogP contribution in [-0.2, 0) is 10.0 Å². The highest BCUT2D eigenvalue weighted by atomic mass is 32.2. The first kappa shape index (κ1) is 8.96.